The van der Waals surface area contributed by atoms with Gasteiger partial charge in [0.05, 0.1) is 19.0 Å². The Hall–Kier alpha value is -1.81. The van der Waals surface area contributed by atoms with Crippen LogP contribution in [0.1, 0.15) is 22.4 Å². The number of hydrogen-bond donors (Lipinski definition) is 2. The number of rotatable bonds is 4. The third kappa shape index (κ3) is 2.36. The zero-order valence-corrected chi connectivity index (χ0v) is 12.2. The molecule has 0 aliphatic carbocycles. The summed E-state index contributed by atoms with van der Waals surface area (Å²) in [5.41, 5.74) is 7.15. The van der Waals surface area contributed by atoms with Crippen LogP contribution in [0, 0.1) is 20.8 Å². The fourth-order valence-corrected chi connectivity index (χ4v) is 2.51. The highest BCUT2D eigenvalue weighted by Crippen LogP contribution is 2.35. The molecule has 0 fully saturated rings. The van der Waals surface area contributed by atoms with Crippen molar-refractivity contribution in [1.82, 2.24) is 15.5 Å². The van der Waals surface area contributed by atoms with E-state index in [-0.39, 0.29) is 0 Å². The predicted octanol–water partition coefficient (Wildman–Crippen LogP) is 2.73. The molecule has 4 heteroatoms. The van der Waals surface area contributed by atoms with E-state index >= 15 is 0 Å². The van der Waals surface area contributed by atoms with Crippen LogP contribution in [0.15, 0.2) is 12.3 Å². The van der Waals surface area contributed by atoms with Gasteiger partial charge in [0.15, 0.2) is 0 Å². The molecule has 0 radical (unpaired) electrons. The lowest BCUT2D eigenvalue weighted by molar-refractivity contribution is 0.411. The number of hydrogen-bond acceptors (Lipinski definition) is 3. The van der Waals surface area contributed by atoms with Gasteiger partial charge < -0.3 is 10.1 Å². The van der Waals surface area contributed by atoms with Crippen molar-refractivity contribution in [2.24, 2.45) is 0 Å². The Labute approximate surface area is 114 Å². The van der Waals surface area contributed by atoms with E-state index in [1.54, 1.807) is 7.11 Å². The first-order valence-electron chi connectivity index (χ1n) is 6.42. The van der Waals surface area contributed by atoms with E-state index in [4.69, 9.17) is 4.74 Å². The van der Waals surface area contributed by atoms with Crippen LogP contribution in [0.4, 0.5) is 0 Å². The van der Waals surface area contributed by atoms with Gasteiger partial charge in [0.2, 0.25) is 0 Å². The number of ether oxygens (including phenoxy) is 1. The van der Waals surface area contributed by atoms with Crippen molar-refractivity contribution in [2.75, 3.05) is 14.2 Å². The van der Waals surface area contributed by atoms with E-state index in [2.05, 4.69) is 42.4 Å². The maximum atomic E-state index is 5.42. The van der Waals surface area contributed by atoms with Crippen LogP contribution in [-0.2, 0) is 6.54 Å². The number of aryl methyl sites for hydroxylation is 1. The summed E-state index contributed by atoms with van der Waals surface area (Å²) < 4.78 is 5.42. The molecule has 0 saturated carbocycles. The molecule has 2 rings (SSSR count). The molecule has 0 spiro atoms. The van der Waals surface area contributed by atoms with Gasteiger partial charge in [-0.2, -0.15) is 5.10 Å². The van der Waals surface area contributed by atoms with Gasteiger partial charge in [0.1, 0.15) is 5.75 Å². The van der Waals surface area contributed by atoms with Gasteiger partial charge in [-0.3, -0.25) is 5.10 Å². The largest absolute Gasteiger partial charge is 0.496 e. The molecule has 1 aromatic carbocycles. The zero-order chi connectivity index (χ0) is 14.0. The Balaban J connectivity index is 2.62. The molecule has 0 unspecified atom stereocenters. The highest BCUT2D eigenvalue weighted by atomic mass is 16.5. The normalized spacial score (nSPS) is 10.8. The second-order valence-electron chi connectivity index (χ2n) is 4.81. The number of methoxy groups -OCH3 is 1. The molecule has 0 amide bonds. The highest BCUT2D eigenvalue weighted by molar-refractivity contribution is 5.75. The molecule has 2 aromatic rings. The number of benzene rings is 1. The fourth-order valence-electron chi connectivity index (χ4n) is 2.51. The lowest BCUT2D eigenvalue weighted by atomic mass is 9.92. The number of H-pyrrole nitrogens is 1. The average molecular weight is 259 g/mol. The Morgan fingerprint density at radius 1 is 1.26 bits per heavy atom. The molecule has 0 saturated heterocycles. The first-order chi connectivity index (χ1) is 9.10. The van der Waals surface area contributed by atoms with Gasteiger partial charge in [-0.15, -0.1) is 0 Å². The van der Waals surface area contributed by atoms with E-state index in [1.165, 1.54) is 22.3 Å². The molecule has 4 nitrogen and oxygen atoms in total. The molecule has 2 N–H and O–H groups in total. The second-order valence-corrected chi connectivity index (χ2v) is 4.81. The molecule has 0 aliphatic rings. The second kappa shape index (κ2) is 5.45. The number of aromatic amines is 1. The topological polar surface area (TPSA) is 49.9 Å². The van der Waals surface area contributed by atoms with Crippen LogP contribution in [0.2, 0.25) is 0 Å². The maximum absolute atomic E-state index is 5.42. The summed E-state index contributed by atoms with van der Waals surface area (Å²) in [6, 6.07) is 2.09. The smallest absolute Gasteiger partial charge is 0.122 e. The first-order valence-corrected chi connectivity index (χ1v) is 6.42. The lowest BCUT2D eigenvalue weighted by Gasteiger charge is -2.16. The summed E-state index contributed by atoms with van der Waals surface area (Å²) in [4.78, 5) is 0. The molecular formula is C15H21N3O. The molecule has 19 heavy (non-hydrogen) atoms. The zero-order valence-electron chi connectivity index (χ0n) is 12.2. The summed E-state index contributed by atoms with van der Waals surface area (Å²) in [6.45, 7) is 7.12. The molecule has 0 bridgehead atoms. The quantitative estimate of drug-likeness (QED) is 0.887. The Bertz CT molecular complexity index is 587. The van der Waals surface area contributed by atoms with Gasteiger partial charge in [0.25, 0.3) is 0 Å². The highest BCUT2D eigenvalue weighted by Gasteiger charge is 2.16. The van der Waals surface area contributed by atoms with Crippen molar-refractivity contribution in [1.29, 1.82) is 0 Å². The molecule has 1 aromatic heterocycles. The molecular weight excluding hydrogens is 238 g/mol. The van der Waals surface area contributed by atoms with Crippen molar-refractivity contribution in [3.63, 3.8) is 0 Å². The third-order valence-electron chi connectivity index (χ3n) is 3.61. The van der Waals surface area contributed by atoms with Crippen LogP contribution >= 0.6 is 0 Å². The molecule has 102 valence electrons. The lowest BCUT2D eigenvalue weighted by Crippen LogP contribution is -2.07. The summed E-state index contributed by atoms with van der Waals surface area (Å²) in [6.07, 6.45) is 1.90. The van der Waals surface area contributed by atoms with Crippen LogP contribution in [0.5, 0.6) is 5.75 Å². The first kappa shape index (κ1) is 13.6. The van der Waals surface area contributed by atoms with Crippen molar-refractivity contribution in [2.45, 2.75) is 27.3 Å². The van der Waals surface area contributed by atoms with Gasteiger partial charge in [-0.25, -0.2) is 0 Å². The molecule has 0 atom stereocenters. The van der Waals surface area contributed by atoms with Gasteiger partial charge in [-0.05, 0) is 56.1 Å². The Kier molecular flexibility index (Phi) is 3.90. The summed E-state index contributed by atoms with van der Waals surface area (Å²) in [7, 11) is 3.65. The summed E-state index contributed by atoms with van der Waals surface area (Å²) in [5, 5.41) is 10.4. The Morgan fingerprint density at radius 2 is 2.00 bits per heavy atom. The van der Waals surface area contributed by atoms with Crippen LogP contribution < -0.4 is 10.1 Å². The third-order valence-corrected chi connectivity index (χ3v) is 3.61. The van der Waals surface area contributed by atoms with Crippen LogP contribution in [0.3, 0.4) is 0 Å². The minimum Gasteiger partial charge on any atom is -0.496 e. The Morgan fingerprint density at radius 3 is 2.63 bits per heavy atom. The standard InChI is InChI=1S/C15H21N3O/c1-9-6-14(19-5)10(2)11(3)15(9)12-7-17-18-13(12)8-16-4/h6-7,16H,8H2,1-5H3,(H,17,18). The maximum Gasteiger partial charge on any atom is 0.122 e. The SMILES string of the molecule is CNCc1[nH]ncc1-c1c(C)cc(OC)c(C)c1C. The van der Waals surface area contributed by atoms with Crippen molar-refractivity contribution < 1.29 is 4.74 Å². The van der Waals surface area contributed by atoms with Gasteiger partial charge in [0, 0.05) is 12.1 Å². The summed E-state index contributed by atoms with van der Waals surface area (Å²) in [5.74, 6) is 0.942. The van der Waals surface area contributed by atoms with Crippen LogP contribution in [-0.4, -0.2) is 24.4 Å². The molecule has 0 aliphatic heterocycles. The fraction of sp³-hybridized carbons (Fsp3) is 0.400. The van der Waals surface area contributed by atoms with Gasteiger partial charge >= 0.3 is 0 Å². The van der Waals surface area contributed by atoms with E-state index < -0.39 is 0 Å². The van der Waals surface area contributed by atoms with E-state index in [0.717, 1.165) is 23.6 Å². The molecule has 1 heterocycles. The number of nitrogens with one attached hydrogen (secondary N) is 2. The monoisotopic (exact) mass is 259 g/mol. The van der Waals surface area contributed by atoms with E-state index in [1.807, 2.05) is 13.2 Å². The van der Waals surface area contributed by atoms with Crippen LogP contribution in [0.25, 0.3) is 11.1 Å². The van der Waals surface area contributed by atoms with Crippen molar-refractivity contribution in [3.05, 3.63) is 34.6 Å². The van der Waals surface area contributed by atoms with Gasteiger partial charge in [-0.1, -0.05) is 0 Å². The summed E-state index contributed by atoms with van der Waals surface area (Å²) >= 11 is 0. The van der Waals surface area contributed by atoms with E-state index in [9.17, 15) is 0 Å². The van der Waals surface area contributed by atoms with Crippen molar-refractivity contribution in [3.8, 4) is 16.9 Å². The van der Waals surface area contributed by atoms with Crippen molar-refractivity contribution >= 4 is 0 Å². The van der Waals surface area contributed by atoms with E-state index in [0.29, 0.717) is 0 Å². The predicted molar refractivity (Wildman–Crippen MR) is 77.6 cm³/mol. The number of aromatic nitrogens is 2. The minimum atomic E-state index is 0.777. The average Bonchev–Trinajstić information content (AvgIpc) is 2.83. The minimum absolute atomic E-state index is 0.777. The number of nitrogens with zero attached hydrogens (tertiary/aromatic N) is 1.